The summed E-state index contributed by atoms with van der Waals surface area (Å²) in [6.07, 6.45) is 2.15. The molecule has 2 N–H and O–H groups in total. The van der Waals surface area contributed by atoms with Gasteiger partial charge >= 0.3 is 0 Å². The van der Waals surface area contributed by atoms with Crippen LogP contribution in [-0.2, 0) is 0 Å². The minimum Gasteiger partial charge on any atom is -0.368 e. The highest BCUT2D eigenvalue weighted by molar-refractivity contribution is 5.92. The minimum atomic E-state index is -0.129. The van der Waals surface area contributed by atoms with Crippen molar-refractivity contribution in [2.24, 2.45) is 5.92 Å². The van der Waals surface area contributed by atoms with Gasteiger partial charge in [-0.3, -0.25) is 4.79 Å². The van der Waals surface area contributed by atoms with E-state index in [4.69, 9.17) is 0 Å². The van der Waals surface area contributed by atoms with Gasteiger partial charge in [0, 0.05) is 12.6 Å². The molecule has 0 saturated heterocycles. The first kappa shape index (κ1) is 11.8. The molecule has 0 spiro atoms. The van der Waals surface area contributed by atoms with Gasteiger partial charge in [-0.1, -0.05) is 13.8 Å². The summed E-state index contributed by atoms with van der Waals surface area (Å²) in [5, 5.41) is 13.9. The van der Waals surface area contributed by atoms with Crippen molar-refractivity contribution in [2.75, 3.05) is 11.9 Å². The molecule has 1 heterocycles. The largest absolute Gasteiger partial charge is 0.368 e. The van der Waals surface area contributed by atoms with Gasteiger partial charge in [-0.15, -0.1) is 10.2 Å². The number of carbonyl (C=O) groups excluding carboxylic acids is 1. The number of nitrogens with zero attached hydrogens (tertiary/aromatic N) is 2. The van der Waals surface area contributed by atoms with Crippen molar-refractivity contribution in [3.05, 3.63) is 17.8 Å². The topological polar surface area (TPSA) is 66.9 Å². The Labute approximate surface area is 101 Å². The van der Waals surface area contributed by atoms with Gasteiger partial charge in [0.1, 0.15) is 5.82 Å². The van der Waals surface area contributed by atoms with E-state index in [1.165, 1.54) is 0 Å². The van der Waals surface area contributed by atoms with Crippen LogP contribution in [-0.4, -0.2) is 28.7 Å². The fourth-order valence-corrected chi connectivity index (χ4v) is 1.34. The summed E-state index contributed by atoms with van der Waals surface area (Å²) in [6, 6.07) is 3.84. The van der Waals surface area contributed by atoms with E-state index in [2.05, 4.69) is 34.7 Å². The average molecular weight is 234 g/mol. The zero-order valence-corrected chi connectivity index (χ0v) is 10.2. The lowest BCUT2D eigenvalue weighted by Gasteiger charge is -2.07. The third-order valence-electron chi connectivity index (χ3n) is 2.50. The normalized spacial score (nSPS) is 14.8. The zero-order chi connectivity index (χ0) is 12.3. The quantitative estimate of drug-likeness (QED) is 0.809. The second-order valence-corrected chi connectivity index (χ2v) is 4.83. The Morgan fingerprint density at radius 3 is 2.71 bits per heavy atom. The van der Waals surface area contributed by atoms with Crippen molar-refractivity contribution >= 4 is 11.7 Å². The van der Waals surface area contributed by atoms with E-state index in [0.717, 1.165) is 19.4 Å². The Balaban J connectivity index is 1.89. The predicted molar refractivity (Wildman–Crippen MR) is 65.8 cm³/mol. The van der Waals surface area contributed by atoms with E-state index in [1.54, 1.807) is 12.1 Å². The number of anilines is 1. The highest BCUT2D eigenvalue weighted by Crippen LogP contribution is 2.19. The Bertz CT molecular complexity index is 384. The summed E-state index contributed by atoms with van der Waals surface area (Å²) in [5.41, 5.74) is 0.381. The predicted octanol–water partition coefficient (Wildman–Crippen LogP) is 1.44. The van der Waals surface area contributed by atoms with Crippen LogP contribution in [0.25, 0.3) is 0 Å². The summed E-state index contributed by atoms with van der Waals surface area (Å²) in [6.45, 7) is 5.10. The monoisotopic (exact) mass is 234 g/mol. The van der Waals surface area contributed by atoms with Crippen molar-refractivity contribution in [3.8, 4) is 0 Å². The molecule has 0 aliphatic heterocycles. The number of nitrogens with one attached hydrogen (secondary N) is 2. The van der Waals surface area contributed by atoms with Crippen molar-refractivity contribution in [1.82, 2.24) is 15.5 Å². The molecule has 2 rings (SSSR count). The highest BCUT2D eigenvalue weighted by atomic mass is 16.2. The van der Waals surface area contributed by atoms with Crippen molar-refractivity contribution in [1.29, 1.82) is 0 Å². The molecule has 0 bridgehead atoms. The van der Waals surface area contributed by atoms with Crippen LogP contribution in [0.5, 0.6) is 0 Å². The molecule has 1 saturated carbocycles. The zero-order valence-electron chi connectivity index (χ0n) is 10.2. The van der Waals surface area contributed by atoms with Gasteiger partial charge in [0.25, 0.3) is 5.91 Å². The summed E-state index contributed by atoms with van der Waals surface area (Å²) >= 11 is 0. The van der Waals surface area contributed by atoms with E-state index < -0.39 is 0 Å². The van der Waals surface area contributed by atoms with E-state index >= 15 is 0 Å². The lowest BCUT2D eigenvalue weighted by Crippen LogP contribution is -2.26. The average Bonchev–Trinajstić information content (AvgIpc) is 3.11. The van der Waals surface area contributed by atoms with Crippen molar-refractivity contribution in [3.63, 3.8) is 0 Å². The van der Waals surface area contributed by atoms with E-state index in [-0.39, 0.29) is 5.91 Å². The first-order valence-electron chi connectivity index (χ1n) is 6.03. The van der Waals surface area contributed by atoms with Gasteiger partial charge < -0.3 is 10.6 Å². The molecule has 1 aromatic rings. The van der Waals surface area contributed by atoms with E-state index in [1.807, 2.05) is 0 Å². The van der Waals surface area contributed by atoms with Crippen LogP contribution < -0.4 is 10.6 Å². The summed E-state index contributed by atoms with van der Waals surface area (Å²) in [4.78, 5) is 11.6. The maximum absolute atomic E-state index is 11.6. The molecule has 17 heavy (non-hydrogen) atoms. The second-order valence-electron chi connectivity index (χ2n) is 4.83. The first-order valence-corrected chi connectivity index (χ1v) is 6.03. The van der Waals surface area contributed by atoms with E-state index in [9.17, 15) is 4.79 Å². The Morgan fingerprint density at radius 1 is 1.41 bits per heavy atom. The smallest absolute Gasteiger partial charge is 0.272 e. The SMILES string of the molecule is CC(C)CNc1ccc(C(=O)NC2CC2)nn1. The molecule has 0 radical (unpaired) electrons. The van der Waals surface area contributed by atoms with Gasteiger partial charge in [-0.05, 0) is 30.9 Å². The molecule has 0 unspecified atom stereocenters. The lowest BCUT2D eigenvalue weighted by atomic mass is 10.2. The van der Waals surface area contributed by atoms with Crippen LogP contribution in [0.15, 0.2) is 12.1 Å². The Kier molecular flexibility index (Phi) is 3.56. The van der Waals surface area contributed by atoms with Crippen LogP contribution in [0, 0.1) is 5.92 Å². The second kappa shape index (κ2) is 5.12. The molecule has 5 nitrogen and oxygen atoms in total. The molecule has 1 fully saturated rings. The summed E-state index contributed by atoms with van der Waals surface area (Å²) < 4.78 is 0. The summed E-state index contributed by atoms with van der Waals surface area (Å²) in [5.74, 6) is 1.13. The third-order valence-corrected chi connectivity index (χ3v) is 2.50. The van der Waals surface area contributed by atoms with Gasteiger partial charge in [-0.2, -0.15) is 0 Å². The number of rotatable bonds is 5. The molecule has 0 atom stereocenters. The molecule has 1 aromatic heterocycles. The Hall–Kier alpha value is -1.65. The van der Waals surface area contributed by atoms with Gasteiger partial charge in [-0.25, -0.2) is 0 Å². The van der Waals surface area contributed by atoms with Crippen LogP contribution in [0.3, 0.4) is 0 Å². The lowest BCUT2D eigenvalue weighted by molar-refractivity contribution is 0.0945. The Morgan fingerprint density at radius 2 is 2.18 bits per heavy atom. The number of amides is 1. The highest BCUT2D eigenvalue weighted by Gasteiger charge is 2.24. The third kappa shape index (κ3) is 3.69. The fraction of sp³-hybridized carbons (Fsp3) is 0.583. The summed E-state index contributed by atoms with van der Waals surface area (Å²) in [7, 11) is 0. The van der Waals surface area contributed by atoms with Gasteiger partial charge in [0.2, 0.25) is 0 Å². The van der Waals surface area contributed by atoms with Gasteiger partial charge in [0.05, 0.1) is 0 Å². The molecule has 0 aromatic carbocycles. The molecule has 1 amide bonds. The molecular weight excluding hydrogens is 216 g/mol. The molecule has 1 aliphatic carbocycles. The fourth-order valence-electron chi connectivity index (χ4n) is 1.34. The maximum Gasteiger partial charge on any atom is 0.272 e. The molecule has 92 valence electrons. The molecular formula is C12H18N4O. The van der Waals surface area contributed by atoms with Crippen LogP contribution in [0.1, 0.15) is 37.2 Å². The first-order chi connectivity index (χ1) is 8.15. The molecule has 5 heteroatoms. The number of carbonyl (C=O) groups is 1. The van der Waals surface area contributed by atoms with E-state index in [0.29, 0.717) is 23.5 Å². The van der Waals surface area contributed by atoms with Crippen molar-refractivity contribution < 1.29 is 4.79 Å². The van der Waals surface area contributed by atoms with Crippen LogP contribution in [0.4, 0.5) is 5.82 Å². The number of hydrogen-bond acceptors (Lipinski definition) is 4. The van der Waals surface area contributed by atoms with Crippen molar-refractivity contribution in [2.45, 2.75) is 32.7 Å². The molecule has 1 aliphatic rings. The number of aromatic nitrogens is 2. The maximum atomic E-state index is 11.6. The van der Waals surface area contributed by atoms with Gasteiger partial charge in [0.15, 0.2) is 5.69 Å². The van der Waals surface area contributed by atoms with Crippen LogP contribution >= 0.6 is 0 Å². The standard InChI is InChI=1S/C12H18N4O/c1-8(2)7-13-11-6-5-10(15-16-11)12(17)14-9-3-4-9/h5-6,8-9H,3-4,7H2,1-2H3,(H,13,16)(H,14,17). The minimum absolute atomic E-state index is 0.129. The number of hydrogen-bond donors (Lipinski definition) is 2. The van der Waals surface area contributed by atoms with Crippen LogP contribution in [0.2, 0.25) is 0 Å².